The Hall–Kier alpha value is -2.23. The van der Waals surface area contributed by atoms with Crippen molar-refractivity contribution in [3.05, 3.63) is 80.2 Å². The van der Waals surface area contributed by atoms with Crippen molar-refractivity contribution >= 4 is 78.7 Å². The second kappa shape index (κ2) is 8.28. The molecular weight excluding hydrogens is 495 g/mol. The van der Waals surface area contributed by atoms with Crippen LogP contribution in [0, 0.1) is 13.8 Å². The number of carbonyl (C=O) groups excluding carboxylic acids is 2. The molecule has 1 N–H and O–H groups in total. The summed E-state index contributed by atoms with van der Waals surface area (Å²) in [6, 6.07) is 12.4. The van der Waals surface area contributed by atoms with E-state index in [1.807, 2.05) is 12.1 Å². The topological polar surface area (TPSA) is 46.2 Å². The maximum absolute atomic E-state index is 12.7. The third kappa shape index (κ3) is 3.76. The summed E-state index contributed by atoms with van der Waals surface area (Å²) in [6.45, 7) is 12.6. The lowest BCUT2D eigenvalue weighted by molar-refractivity contribution is 0.0879. The quantitative estimate of drug-likeness (QED) is 0.266. The van der Waals surface area contributed by atoms with Gasteiger partial charge in [-0.25, -0.2) is 0 Å². The third-order valence-corrected chi connectivity index (χ3v) is 10.9. The van der Waals surface area contributed by atoms with E-state index in [4.69, 9.17) is 0 Å². The normalized spacial score (nSPS) is 12.8. The minimum atomic E-state index is -0.354. The predicted octanol–water partition coefficient (Wildman–Crippen LogP) is 8.14. The molecule has 3 nitrogen and oxygen atoms in total. The zero-order valence-electron chi connectivity index (χ0n) is 17.2. The van der Waals surface area contributed by atoms with Crippen molar-refractivity contribution in [3.8, 4) is 19.5 Å². The van der Waals surface area contributed by atoms with E-state index in [1.54, 1.807) is 34.0 Å². The van der Waals surface area contributed by atoms with Crippen LogP contribution in [0.4, 0.5) is 0 Å². The van der Waals surface area contributed by atoms with E-state index < -0.39 is 0 Å². The first-order chi connectivity index (χ1) is 15.3. The zero-order valence-corrected chi connectivity index (χ0v) is 21.3. The van der Waals surface area contributed by atoms with Gasteiger partial charge >= 0.3 is 0 Å². The van der Waals surface area contributed by atoms with E-state index in [0.717, 1.165) is 34.2 Å². The minimum Gasteiger partial charge on any atom is -0.288 e. The van der Waals surface area contributed by atoms with Crippen molar-refractivity contribution in [3.63, 3.8) is 0 Å². The smallest absolute Gasteiger partial charge is 0.260 e. The van der Waals surface area contributed by atoms with E-state index in [9.17, 15) is 9.59 Å². The van der Waals surface area contributed by atoms with Crippen LogP contribution < -0.4 is 5.32 Å². The molecule has 5 heterocycles. The lowest BCUT2D eigenvalue weighted by atomic mass is 10.1. The van der Waals surface area contributed by atoms with Crippen LogP contribution in [0.15, 0.2) is 49.6 Å². The van der Waals surface area contributed by atoms with E-state index in [2.05, 4.69) is 56.6 Å². The number of aryl methyl sites for hydroxylation is 2. The first kappa shape index (κ1) is 21.6. The van der Waals surface area contributed by atoms with E-state index in [-0.39, 0.29) is 11.8 Å². The van der Waals surface area contributed by atoms with Gasteiger partial charge in [-0.15, -0.1) is 45.3 Å². The predicted molar refractivity (Wildman–Crippen MR) is 142 cm³/mol. The molecule has 0 fully saturated rings. The molecule has 1 aliphatic heterocycles. The summed E-state index contributed by atoms with van der Waals surface area (Å²) in [5, 5.41) is 2.46. The Kier molecular flexibility index (Phi) is 5.59. The summed E-state index contributed by atoms with van der Waals surface area (Å²) in [5.74, 6) is -0.692. The van der Waals surface area contributed by atoms with Gasteiger partial charge in [-0.05, 0) is 50.2 Å². The molecule has 5 rings (SSSR count). The Morgan fingerprint density at radius 1 is 0.750 bits per heavy atom. The average molecular weight is 512 g/mol. The third-order valence-electron chi connectivity index (χ3n) is 4.92. The summed E-state index contributed by atoms with van der Waals surface area (Å²) >= 11 is 7.97. The van der Waals surface area contributed by atoms with Crippen LogP contribution in [0.1, 0.15) is 40.2 Å². The molecule has 0 radical (unpaired) electrons. The molecular formula is C24H17NO2S5. The highest BCUT2D eigenvalue weighted by atomic mass is 32.2. The molecule has 32 heavy (non-hydrogen) atoms. The van der Waals surface area contributed by atoms with Gasteiger partial charge in [0, 0.05) is 39.1 Å². The summed E-state index contributed by atoms with van der Waals surface area (Å²) < 4.78 is 0. The van der Waals surface area contributed by atoms with E-state index >= 15 is 0 Å². The number of rotatable bonds is 6. The fourth-order valence-electron chi connectivity index (χ4n) is 3.45. The molecule has 4 aromatic heterocycles. The highest BCUT2D eigenvalue weighted by Crippen LogP contribution is 2.49. The molecule has 0 atom stereocenters. The Balaban J connectivity index is 1.52. The molecule has 2 amide bonds. The number of thioether (sulfide) groups is 1. The van der Waals surface area contributed by atoms with Gasteiger partial charge in [-0.1, -0.05) is 24.9 Å². The van der Waals surface area contributed by atoms with Gasteiger partial charge < -0.3 is 0 Å². The Morgan fingerprint density at radius 3 is 2.06 bits per heavy atom. The van der Waals surface area contributed by atoms with Crippen LogP contribution in [0.5, 0.6) is 0 Å². The fraction of sp³-hybridized carbons (Fsp3) is 0.0833. The molecule has 160 valence electrons. The monoisotopic (exact) mass is 511 g/mol. The molecule has 0 saturated heterocycles. The maximum Gasteiger partial charge on any atom is 0.260 e. The van der Waals surface area contributed by atoms with Crippen molar-refractivity contribution in [1.82, 2.24) is 5.32 Å². The second-order valence-corrected chi connectivity index (χ2v) is 13.1. The molecule has 8 heteroatoms. The number of hydrogen-bond acceptors (Lipinski definition) is 7. The highest BCUT2D eigenvalue weighted by molar-refractivity contribution is 8.16. The number of amides is 2. The molecule has 0 aliphatic carbocycles. The van der Waals surface area contributed by atoms with Crippen molar-refractivity contribution in [2.75, 3.05) is 0 Å². The molecule has 0 spiro atoms. The summed E-state index contributed by atoms with van der Waals surface area (Å²) in [5.41, 5.74) is 0.898. The van der Waals surface area contributed by atoms with Gasteiger partial charge in [0.15, 0.2) is 0 Å². The number of fused-ring (bicyclic) bond motifs is 1. The fourth-order valence-corrected chi connectivity index (χ4v) is 8.59. The Labute approximate surface area is 206 Å². The lowest BCUT2D eigenvalue weighted by Crippen LogP contribution is -2.20. The van der Waals surface area contributed by atoms with Crippen molar-refractivity contribution in [2.24, 2.45) is 0 Å². The first-order valence-corrected chi connectivity index (χ1v) is 13.7. The standard InChI is InChI=1S/C24H17NO2S5/c1-11-5-7-15(28-11)13(3)30-14(4)21-19-20(24(27)25-23(19)26)22(32-21)18-10-9-17(31-18)16-8-6-12(2)29-16/h5-10H,3-4H2,1-2H3,(H,25,26,27). The summed E-state index contributed by atoms with van der Waals surface area (Å²) in [7, 11) is 0. The molecule has 0 saturated carbocycles. The zero-order chi connectivity index (χ0) is 22.6. The molecule has 4 aromatic rings. The van der Waals surface area contributed by atoms with Gasteiger partial charge in [-0.3, -0.25) is 14.9 Å². The number of thiophene rings is 4. The van der Waals surface area contributed by atoms with Crippen LogP contribution >= 0.6 is 57.1 Å². The Morgan fingerprint density at radius 2 is 1.38 bits per heavy atom. The second-order valence-electron chi connectivity index (χ2n) is 7.23. The number of imide groups is 1. The molecule has 0 aromatic carbocycles. The van der Waals surface area contributed by atoms with Crippen LogP contribution in [-0.4, -0.2) is 11.8 Å². The highest BCUT2D eigenvalue weighted by Gasteiger charge is 2.37. The molecule has 0 bridgehead atoms. The molecule has 1 aliphatic rings. The molecule has 0 unspecified atom stereocenters. The van der Waals surface area contributed by atoms with Gasteiger partial charge in [0.1, 0.15) is 0 Å². The summed E-state index contributed by atoms with van der Waals surface area (Å²) in [6.07, 6.45) is 0. The number of nitrogens with one attached hydrogen (secondary N) is 1. The van der Waals surface area contributed by atoms with Crippen molar-refractivity contribution in [1.29, 1.82) is 0 Å². The lowest BCUT2D eigenvalue weighted by Gasteiger charge is -2.06. The van der Waals surface area contributed by atoms with Crippen LogP contribution in [0.3, 0.4) is 0 Å². The van der Waals surface area contributed by atoms with Gasteiger partial charge in [0.25, 0.3) is 11.8 Å². The van der Waals surface area contributed by atoms with Crippen molar-refractivity contribution < 1.29 is 9.59 Å². The number of hydrogen-bond donors (Lipinski definition) is 1. The minimum absolute atomic E-state index is 0.338. The van der Waals surface area contributed by atoms with Gasteiger partial charge in [0.2, 0.25) is 0 Å². The van der Waals surface area contributed by atoms with Crippen LogP contribution in [0.25, 0.3) is 29.3 Å². The van der Waals surface area contributed by atoms with Gasteiger partial charge in [-0.2, -0.15) is 0 Å². The first-order valence-electron chi connectivity index (χ1n) is 9.64. The van der Waals surface area contributed by atoms with Crippen LogP contribution in [0.2, 0.25) is 0 Å². The Bertz CT molecular complexity index is 1430. The van der Waals surface area contributed by atoms with Gasteiger partial charge in [0.05, 0.1) is 20.9 Å². The average Bonchev–Trinajstić information content (AvgIpc) is 3.53. The van der Waals surface area contributed by atoms with Crippen molar-refractivity contribution in [2.45, 2.75) is 13.8 Å². The van der Waals surface area contributed by atoms with E-state index in [1.165, 1.54) is 37.7 Å². The summed E-state index contributed by atoms with van der Waals surface area (Å²) in [4.78, 5) is 35.4. The van der Waals surface area contributed by atoms with E-state index in [0.29, 0.717) is 11.1 Å². The van der Waals surface area contributed by atoms with Crippen LogP contribution in [-0.2, 0) is 0 Å². The number of carbonyl (C=O) groups is 2. The SMILES string of the molecule is C=C(SC(=C)c1sc(-c2ccc(-c3ccc(C)s3)s2)c2c1C(=O)NC2=O)c1ccc(C)s1. The maximum atomic E-state index is 12.7. The largest absolute Gasteiger partial charge is 0.288 e.